The summed E-state index contributed by atoms with van der Waals surface area (Å²) < 4.78 is 12.7. The van der Waals surface area contributed by atoms with Crippen molar-refractivity contribution >= 4 is 22.3 Å². The molecule has 1 heterocycles. The van der Waals surface area contributed by atoms with Crippen LogP contribution in [0.25, 0.3) is 0 Å². The Morgan fingerprint density at radius 1 is 1.39 bits per heavy atom. The summed E-state index contributed by atoms with van der Waals surface area (Å²) in [6, 6.07) is 6.28. The van der Waals surface area contributed by atoms with Gasteiger partial charge in [0.05, 0.1) is 10.6 Å². The molecular weight excluding hydrogens is 251 g/mol. The quantitative estimate of drug-likeness (QED) is 0.860. The second-order valence-electron chi connectivity index (χ2n) is 3.97. The first kappa shape index (κ1) is 12.7. The molecular formula is C13H13FN2OS. The lowest BCUT2D eigenvalue weighted by Gasteiger charge is -2.02. The predicted octanol–water partition coefficient (Wildman–Crippen LogP) is 3.41. The van der Waals surface area contributed by atoms with E-state index in [2.05, 4.69) is 10.3 Å². The number of carbonyl (C=O) groups excluding carboxylic acids is 1. The van der Waals surface area contributed by atoms with Gasteiger partial charge in [-0.25, -0.2) is 9.37 Å². The molecule has 1 N–H and O–H groups in total. The molecule has 94 valence electrons. The van der Waals surface area contributed by atoms with Crippen molar-refractivity contribution in [3.05, 3.63) is 46.2 Å². The molecule has 5 heteroatoms. The van der Waals surface area contributed by atoms with Gasteiger partial charge in [0.2, 0.25) is 0 Å². The molecule has 0 aliphatic carbocycles. The molecule has 0 fully saturated rings. The number of hydrogen-bond acceptors (Lipinski definition) is 4. The first-order valence-electron chi connectivity index (χ1n) is 5.53. The molecule has 0 saturated heterocycles. The fourth-order valence-corrected chi connectivity index (χ4v) is 2.44. The minimum absolute atomic E-state index is 0.0276. The number of anilines is 1. The minimum atomic E-state index is -0.247. The maximum absolute atomic E-state index is 12.7. The van der Waals surface area contributed by atoms with Crippen LogP contribution < -0.4 is 5.32 Å². The van der Waals surface area contributed by atoms with Crippen LogP contribution in [0.2, 0.25) is 0 Å². The molecule has 1 aromatic heterocycles. The van der Waals surface area contributed by atoms with E-state index in [0.717, 1.165) is 11.3 Å². The van der Waals surface area contributed by atoms with Gasteiger partial charge in [-0.15, -0.1) is 0 Å². The van der Waals surface area contributed by atoms with Crippen molar-refractivity contribution in [1.29, 1.82) is 0 Å². The number of aromatic nitrogens is 1. The van der Waals surface area contributed by atoms with E-state index in [4.69, 9.17) is 0 Å². The highest BCUT2D eigenvalue weighted by Gasteiger charge is 2.10. The van der Waals surface area contributed by atoms with Gasteiger partial charge in [0.1, 0.15) is 5.82 Å². The summed E-state index contributed by atoms with van der Waals surface area (Å²) in [5.41, 5.74) is 1.71. The molecule has 0 unspecified atom stereocenters. The van der Waals surface area contributed by atoms with Crippen molar-refractivity contribution < 1.29 is 9.18 Å². The predicted molar refractivity (Wildman–Crippen MR) is 70.6 cm³/mol. The van der Waals surface area contributed by atoms with Crippen LogP contribution in [0.3, 0.4) is 0 Å². The fraction of sp³-hybridized carbons (Fsp3) is 0.231. The third kappa shape index (κ3) is 2.92. The normalized spacial score (nSPS) is 10.4. The Morgan fingerprint density at radius 3 is 2.61 bits per heavy atom. The van der Waals surface area contributed by atoms with Crippen LogP contribution in [0.15, 0.2) is 24.3 Å². The second kappa shape index (κ2) is 5.27. The van der Waals surface area contributed by atoms with E-state index in [-0.39, 0.29) is 11.6 Å². The number of rotatable bonds is 4. The number of ketones is 1. The lowest BCUT2D eigenvalue weighted by Crippen LogP contribution is -1.98. The van der Waals surface area contributed by atoms with Crippen LogP contribution in [0.1, 0.15) is 27.9 Å². The maximum atomic E-state index is 12.7. The second-order valence-corrected chi connectivity index (χ2v) is 4.97. The van der Waals surface area contributed by atoms with Gasteiger partial charge in [0.15, 0.2) is 10.9 Å². The highest BCUT2D eigenvalue weighted by molar-refractivity contribution is 7.17. The highest BCUT2D eigenvalue weighted by atomic mass is 32.1. The molecule has 1 aromatic carbocycles. The summed E-state index contributed by atoms with van der Waals surface area (Å²) in [6.07, 6.45) is 0. The Balaban J connectivity index is 2.04. The number of benzene rings is 1. The Hall–Kier alpha value is -1.75. The van der Waals surface area contributed by atoms with Crippen LogP contribution in [0.5, 0.6) is 0 Å². The van der Waals surface area contributed by atoms with E-state index in [1.54, 1.807) is 12.1 Å². The number of thiazole rings is 1. The van der Waals surface area contributed by atoms with E-state index in [0.29, 0.717) is 16.6 Å². The van der Waals surface area contributed by atoms with Crippen molar-refractivity contribution in [3.63, 3.8) is 0 Å². The zero-order valence-electron chi connectivity index (χ0n) is 10.2. The number of nitrogens with one attached hydrogen (secondary N) is 1. The molecule has 2 aromatic rings. The summed E-state index contributed by atoms with van der Waals surface area (Å²) >= 11 is 1.34. The zero-order chi connectivity index (χ0) is 13.1. The monoisotopic (exact) mass is 264 g/mol. The molecule has 0 amide bonds. The minimum Gasteiger partial charge on any atom is -0.357 e. The average molecular weight is 264 g/mol. The van der Waals surface area contributed by atoms with E-state index in [1.807, 2.05) is 6.92 Å². The molecule has 0 atom stereocenters. The van der Waals surface area contributed by atoms with Gasteiger partial charge in [-0.1, -0.05) is 23.5 Å². The highest BCUT2D eigenvalue weighted by Crippen LogP contribution is 2.23. The third-order valence-electron chi connectivity index (χ3n) is 2.47. The molecule has 0 saturated carbocycles. The van der Waals surface area contributed by atoms with E-state index in [1.165, 1.54) is 30.4 Å². The van der Waals surface area contributed by atoms with Crippen LogP contribution >= 0.6 is 11.3 Å². The van der Waals surface area contributed by atoms with Crippen LogP contribution in [0, 0.1) is 12.7 Å². The Kier molecular flexibility index (Phi) is 3.72. The lowest BCUT2D eigenvalue weighted by atomic mass is 10.2. The number of Topliss-reactive ketones (excluding diaryl/α,β-unsaturated/α-hetero) is 1. The molecule has 0 aliphatic heterocycles. The zero-order valence-corrected chi connectivity index (χ0v) is 11.0. The summed E-state index contributed by atoms with van der Waals surface area (Å²) in [4.78, 5) is 16.2. The van der Waals surface area contributed by atoms with Gasteiger partial charge in [-0.2, -0.15) is 0 Å². The molecule has 0 aliphatic rings. The summed E-state index contributed by atoms with van der Waals surface area (Å²) in [7, 11) is 0. The van der Waals surface area contributed by atoms with Crippen molar-refractivity contribution in [2.75, 3.05) is 5.32 Å². The molecule has 2 rings (SSSR count). The molecule has 0 radical (unpaired) electrons. The fourth-order valence-electron chi connectivity index (χ4n) is 1.58. The van der Waals surface area contributed by atoms with Crippen molar-refractivity contribution in [1.82, 2.24) is 4.98 Å². The number of hydrogen-bond donors (Lipinski definition) is 1. The van der Waals surface area contributed by atoms with E-state index in [9.17, 15) is 9.18 Å². The topological polar surface area (TPSA) is 42.0 Å². The third-order valence-corrected chi connectivity index (χ3v) is 3.69. The molecule has 0 spiro atoms. The van der Waals surface area contributed by atoms with Gasteiger partial charge in [0.25, 0.3) is 0 Å². The average Bonchev–Trinajstić information content (AvgIpc) is 2.70. The van der Waals surface area contributed by atoms with E-state index >= 15 is 0 Å². The first-order chi connectivity index (χ1) is 8.56. The van der Waals surface area contributed by atoms with Gasteiger partial charge >= 0.3 is 0 Å². The standard InChI is InChI=1S/C13H13FN2OS/c1-8-12(9(2)17)18-13(16-8)15-7-10-3-5-11(14)6-4-10/h3-6H,7H2,1-2H3,(H,15,16). The maximum Gasteiger partial charge on any atom is 0.183 e. The first-order valence-corrected chi connectivity index (χ1v) is 6.34. The smallest absolute Gasteiger partial charge is 0.183 e. The molecule has 0 bridgehead atoms. The lowest BCUT2D eigenvalue weighted by molar-refractivity contribution is 0.102. The van der Waals surface area contributed by atoms with Crippen molar-refractivity contribution in [2.45, 2.75) is 20.4 Å². The number of nitrogens with zero attached hydrogens (tertiary/aromatic N) is 1. The van der Waals surface area contributed by atoms with Gasteiger partial charge in [0, 0.05) is 13.5 Å². The summed E-state index contributed by atoms with van der Waals surface area (Å²) in [6.45, 7) is 3.91. The van der Waals surface area contributed by atoms with Crippen LogP contribution in [-0.4, -0.2) is 10.8 Å². The number of carbonyl (C=O) groups is 1. The van der Waals surface area contributed by atoms with Crippen LogP contribution in [0.4, 0.5) is 9.52 Å². The number of aryl methyl sites for hydroxylation is 1. The Bertz CT molecular complexity index is 563. The summed E-state index contributed by atoms with van der Waals surface area (Å²) in [5.74, 6) is -0.220. The van der Waals surface area contributed by atoms with Crippen molar-refractivity contribution in [3.8, 4) is 0 Å². The van der Waals surface area contributed by atoms with E-state index < -0.39 is 0 Å². The largest absolute Gasteiger partial charge is 0.357 e. The molecule has 18 heavy (non-hydrogen) atoms. The van der Waals surface area contributed by atoms with Crippen LogP contribution in [-0.2, 0) is 6.54 Å². The summed E-state index contributed by atoms with van der Waals surface area (Å²) in [5, 5.41) is 3.84. The SMILES string of the molecule is CC(=O)c1sc(NCc2ccc(F)cc2)nc1C. The van der Waals surface area contributed by atoms with Crippen molar-refractivity contribution in [2.24, 2.45) is 0 Å². The Labute approximate surface area is 109 Å². The van der Waals surface area contributed by atoms with Gasteiger partial charge in [-0.05, 0) is 24.6 Å². The van der Waals surface area contributed by atoms with Gasteiger partial charge in [-0.3, -0.25) is 4.79 Å². The Morgan fingerprint density at radius 2 is 2.06 bits per heavy atom. The molecule has 3 nitrogen and oxygen atoms in total. The van der Waals surface area contributed by atoms with Gasteiger partial charge < -0.3 is 5.32 Å². The number of halogens is 1.